The molecule has 0 radical (unpaired) electrons. The number of rotatable bonds is 8. The maximum absolute atomic E-state index is 13.1. The minimum absolute atomic E-state index is 0. The average molecular weight is 964 g/mol. The molecule has 18 heteroatoms. The number of hydrazine groups is 2. The Morgan fingerprint density at radius 2 is 0.806 bits per heavy atom. The van der Waals surface area contributed by atoms with E-state index in [1.54, 1.807) is 45.8 Å². The lowest BCUT2D eigenvalue weighted by Gasteiger charge is -2.26. The van der Waals surface area contributed by atoms with E-state index in [0.717, 1.165) is 85.5 Å². The number of aromatic nitrogens is 4. The Hall–Kier alpha value is -4.18. The third-order valence-corrected chi connectivity index (χ3v) is 12.0. The molecule has 8 rings (SSSR count). The van der Waals surface area contributed by atoms with Crippen LogP contribution in [0.15, 0.2) is 84.9 Å². The Kier molecular flexibility index (Phi) is 17.3. The fourth-order valence-electron chi connectivity index (χ4n) is 7.38. The number of hydrogen-bond acceptors (Lipinski definition) is 6. The summed E-state index contributed by atoms with van der Waals surface area (Å²) >= 11 is 37.2. The molecule has 6 N–H and O–H groups in total. The first-order chi connectivity index (χ1) is 28.9. The van der Waals surface area contributed by atoms with Crippen molar-refractivity contribution in [2.24, 2.45) is 0 Å². The van der Waals surface area contributed by atoms with Crippen LogP contribution in [0.25, 0.3) is 33.9 Å². The molecule has 2 aliphatic heterocycles. The predicted octanol–water partition coefficient (Wildman–Crippen LogP) is 10.2. The van der Waals surface area contributed by atoms with E-state index in [1.807, 2.05) is 72.4 Å². The van der Waals surface area contributed by atoms with Crippen molar-refractivity contribution in [1.29, 1.82) is 0 Å². The molecule has 0 saturated carbocycles. The van der Waals surface area contributed by atoms with Crippen molar-refractivity contribution in [3.8, 4) is 33.9 Å². The molecule has 62 heavy (non-hydrogen) atoms. The van der Waals surface area contributed by atoms with E-state index in [1.165, 1.54) is 12.8 Å². The smallest absolute Gasteiger partial charge is 0.286 e. The van der Waals surface area contributed by atoms with E-state index in [-0.39, 0.29) is 22.8 Å². The standard InChI is InChI=1S/2C22H21Cl3N4O.2H2O/c2*1-14-20(22(30)27-28-11-3-2-4-12-28)26-29(19-10-9-17(24)13-18(19)25)21(14)15-5-7-16(23)8-6-15;;/h2*5-10,13H,2-4,11-12H2,1H3,(H,27,30);2*1H2. The zero-order valence-electron chi connectivity index (χ0n) is 33.9. The summed E-state index contributed by atoms with van der Waals surface area (Å²) < 4.78 is 3.39. The van der Waals surface area contributed by atoms with Crippen molar-refractivity contribution >= 4 is 81.4 Å². The molecule has 4 aromatic carbocycles. The fourth-order valence-corrected chi connectivity index (χ4v) is 8.60. The lowest BCUT2D eigenvalue weighted by atomic mass is 10.1. The molecule has 0 spiro atoms. The van der Waals surface area contributed by atoms with Crippen molar-refractivity contribution in [1.82, 2.24) is 40.4 Å². The second-order valence-electron chi connectivity index (χ2n) is 14.7. The van der Waals surface area contributed by atoms with Gasteiger partial charge in [-0.2, -0.15) is 10.2 Å². The van der Waals surface area contributed by atoms with Crippen LogP contribution in [0.4, 0.5) is 0 Å². The van der Waals surface area contributed by atoms with E-state index in [2.05, 4.69) is 21.0 Å². The zero-order valence-corrected chi connectivity index (χ0v) is 38.5. The molecule has 328 valence electrons. The second-order valence-corrected chi connectivity index (χ2v) is 17.2. The lowest BCUT2D eigenvalue weighted by Crippen LogP contribution is -2.45. The first-order valence-corrected chi connectivity index (χ1v) is 21.9. The van der Waals surface area contributed by atoms with Crippen molar-refractivity contribution in [2.75, 3.05) is 26.2 Å². The summed E-state index contributed by atoms with van der Waals surface area (Å²) in [5.41, 5.74) is 12.8. The summed E-state index contributed by atoms with van der Waals surface area (Å²) in [7, 11) is 0. The number of nitrogens with one attached hydrogen (secondary N) is 2. The number of amides is 2. The Morgan fingerprint density at radius 3 is 1.13 bits per heavy atom. The average Bonchev–Trinajstić information content (AvgIpc) is 3.76. The van der Waals surface area contributed by atoms with Crippen LogP contribution in [0.3, 0.4) is 0 Å². The maximum atomic E-state index is 13.1. The molecule has 12 nitrogen and oxygen atoms in total. The van der Waals surface area contributed by atoms with Crippen molar-refractivity contribution in [3.05, 3.63) is 138 Å². The van der Waals surface area contributed by atoms with Gasteiger partial charge in [-0.3, -0.25) is 20.4 Å². The summed E-state index contributed by atoms with van der Waals surface area (Å²) in [5.74, 6) is -0.457. The fraction of sp³-hybridized carbons (Fsp3) is 0.273. The van der Waals surface area contributed by atoms with Crippen LogP contribution in [-0.2, 0) is 0 Å². The van der Waals surface area contributed by atoms with E-state index in [0.29, 0.717) is 52.9 Å². The van der Waals surface area contributed by atoms with Crippen molar-refractivity contribution < 1.29 is 20.5 Å². The summed E-state index contributed by atoms with van der Waals surface area (Å²) in [6, 6.07) is 25.3. The highest BCUT2D eigenvalue weighted by atomic mass is 35.5. The molecule has 2 fully saturated rings. The van der Waals surface area contributed by atoms with Crippen LogP contribution in [0, 0.1) is 13.8 Å². The molecule has 0 bridgehead atoms. The summed E-state index contributed by atoms with van der Waals surface area (Å²) in [5, 5.41) is 16.4. The Balaban J connectivity index is 0.000000227. The normalized spacial score (nSPS) is 14.2. The number of carbonyl (C=O) groups excluding carboxylic acids is 2. The van der Waals surface area contributed by atoms with Gasteiger partial charge in [0.15, 0.2) is 11.4 Å². The van der Waals surface area contributed by atoms with Crippen LogP contribution in [0.1, 0.15) is 70.6 Å². The largest absolute Gasteiger partial charge is 0.412 e. The van der Waals surface area contributed by atoms with E-state index < -0.39 is 0 Å². The van der Waals surface area contributed by atoms with Crippen LogP contribution in [-0.4, -0.2) is 78.5 Å². The van der Waals surface area contributed by atoms with Gasteiger partial charge in [0.05, 0.1) is 32.8 Å². The molecule has 2 aliphatic rings. The van der Waals surface area contributed by atoms with Crippen LogP contribution in [0.2, 0.25) is 30.1 Å². The number of nitrogens with zero attached hydrogens (tertiary/aromatic N) is 6. The summed E-state index contributed by atoms with van der Waals surface area (Å²) in [6.07, 6.45) is 6.67. The van der Waals surface area contributed by atoms with Gasteiger partial charge in [-0.1, -0.05) is 107 Å². The third kappa shape index (κ3) is 11.3. The maximum Gasteiger partial charge on any atom is 0.286 e. The van der Waals surface area contributed by atoms with Gasteiger partial charge >= 0.3 is 0 Å². The minimum Gasteiger partial charge on any atom is -0.412 e. The molecule has 4 heterocycles. The molecule has 0 atom stereocenters. The minimum atomic E-state index is -0.228. The van der Waals surface area contributed by atoms with Gasteiger partial charge < -0.3 is 11.0 Å². The molecule has 2 amide bonds. The number of carbonyl (C=O) groups is 2. The van der Waals surface area contributed by atoms with E-state index >= 15 is 0 Å². The monoisotopic (exact) mass is 960 g/mol. The highest BCUT2D eigenvalue weighted by Gasteiger charge is 2.27. The first kappa shape index (κ1) is 48.8. The lowest BCUT2D eigenvalue weighted by molar-refractivity contribution is 0.0736. The number of hydrogen-bond donors (Lipinski definition) is 2. The SMILES string of the molecule is Cc1c(C(=O)NN2CCCCC2)nn(-c2ccc(Cl)cc2Cl)c1-c1ccc(Cl)cc1.Cc1c(C(=O)NN2CCCCC2)nn(-c2ccc(Cl)cc2Cl)c1-c1ccc(Cl)cc1.O.O. The quantitative estimate of drug-likeness (QED) is 0.154. The predicted molar refractivity (Wildman–Crippen MR) is 251 cm³/mol. The van der Waals surface area contributed by atoms with Gasteiger partial charge in [-0.25, -0.2) is 19.4 Å². The van der Waals surface area contributed by atoms with Gasteiger partial charge in [-0.05, 0) is 100 Å². The topological polar surface area (TPSA) is 163 Å². The highest BCUT2D eigenvalue weighted by molar-refractivity contribution is 6.36. The molecular weight excluding hydrogens is 917 g/mol. The molecular formula is C44H46Cl6N8O4. The Labute approximate surface area is 390 Å². The number of piperidine rings is 2. The van der Waals surface area contributed by atoms with Crippen LogP contribution in [0.5, 0.6) is 0 Å². The van der Waals surface area contributed by atoms with Crippen molar-refractivity contribution in [2.45, 2.75) is 52.4 Å². The van der Waals surface area contributed by atoms with E-state index in [9.17, 15) is 9.59 Å². The molecule has 2 aromatic heterocycles. The zero-order chi connectivity index (χ0) is 42.5. The summed E-state index contributed by atoms with van der Waals surface area (Å²) in [4.78, 5) is 26.1. The first-order valence-electron chi connectivity index (χ1n) is 19.6. The van der Waals surface area contributed by atoms with Gasteiger partial charge in [0, 0.05) is 68.5 Å². The van der Waals surface area contributed by atoms with Gasteiger partial charge in [0.25, 0.3) is 11.8 Å². The number of halogens is 6. The summed E-state index contributed by atoms with van der Waals surface area (Å²) in [6.45, 7) is 7.17. The molecule has 0 unspecified atom stereocenters. The van der Waals surface area contributed by atoms with Gasteiger partial charge in [-0.15, -0.1) is 0 Å². The second kappa shape index (κ2) is 21.9. The van der Waals surface area contributed by atoms with Crippen LogP contribution < -0.4 is 10.9 Å². The van der Waals surface area contributed by atoms with Gasteiger partial charge in [0.1, 0.15) is 0 Å². The molecule has 6 aromatic rings. The molecule has 2 saturated heterocycles. The van der Waals surface area contributed by atoms with E-state index in [4.69, 9.17) is 69.6 Å². The van der Waals surface area contributed by atoms with Gasteiger partial charge in [0.2, 0.25) is 0 Å². The van der Waals surface area contributed by atoms with Crippen LogP contribution >= 0.6 is 69.6 Å². The Morgan fingerprint density at radius 1 is 0.484 bits per heavy atom. The molecule has 0 aliphatic carbocycles. The highest BCUT2D eigenvalue weighted by Crippen LogP contribution is 2.35. The third-order valence-electron chi connectivity index (χ3n) is 10.4. The number of benzene rings is 4. The van der Waals surface area contributed by atoms with Crippen molar-refractivity contribution in [3.63, 3.8) is 0 Å². The Bertz CT molecular complexity index is 2330.